The standard InChI is InChI=1S/C65H40N2/c1-2-15-42(16-3-1)47-18-7-12-27-60(47)66(46-35-37-51-50-21-6-11-26-58(50)65(59(51)40-46)56-24-9-4-19-48(56)49-20-5-10-25-57(49)65)45-33-29-41(30-34-45)44-32-38-62-55(39-44)54-36-31-43-17-14-23-53-52-22-8-13-28-61(52)67(62)64(54)63(43)53/h1-40H. The van der Waals surface area contributed by atoms with Gasteiger partial charge in [0.25, 0.3) is 0 Å². The van der Waals surface area contributed by atoms with Gasteiger partial charge in [0.15, 0.2) is 0 Å². The fourth-order valence-electron chi connectivity index (χ4n) is 12.4. The van der Waals surface area contributed by atoms with E-state index in [1.807, 2.05) is 0 Å². The van der Waals surface area contributed by atoms with Crippen LogP contribution in [-0.2, 0) is 5.41 Å². The summed E-state index contributed by atoms with van der Waals surface area (Å²) in [6, 6.07) is 90.5. The molecular weight excluding hydrogens is 809 g/mol. The molecule has 2 aromatic heterocycles. The van der Waals surface area contributed by atoms with Crippen LogP contribution in [-0.4, -0.2) is 4.40 Å². The Hall–Kier alpha value is -8.72. The highest BCUT2D eigenvalue weighted by Crippen LogP contribution is 2.63. The SMILES string of the molecule is c1ccc(-c2ccccc2N(c2ccc(-c3ccc4c(c3)c3ccc5cccc6c7ccccc7n4c3c56)cc2)c2ccc3c(c2)C2(c4ccccc4-c4ccccc42)c2ccccc2-3)cc1. The number of nitrogens with zero attached hydrogens (tertiary/aromatic N) is 2. The van der Waals surface area contributed by atoms with Crippen LogP contribution in [0.4, 0.5) is 17.1 Å². The third kappa shape index (κ3) is 4.89. The molecule has 0 bridgehead atoms. The zero-order valence-electron chi connectivity index (χ0n) is 36.5. The predicted molar refractivity (Wildman–Crippen MR) is 280 cm³/mol. The van der Waals surface area contributed by atoms with Gasteiger partial charge in [0, 0.05) is 38.5 Å². The number of hydrogen-bond acceptors (Lipinski definition) is 1. The first-order valence-electron chi connectivity index (χ1n) is 23.3. The summed E-state index contributed by atoms with van der Waals surface area (Å²) in [6.45, 7) is 0. The van der Waals surface area contributed by atoms with E-state index in [2.05, 4.69) is 252 Å². The number of para-hydroxylation sites is 2. The van der Waals surface area contributed by atoms with Crippen LogP contribution in [0.5, 0.6) is 0 Å². The van der Waals surface area contributed by atoms with Crippen LogP contribution in [0.2, 0.25) is 0 Å². The summed E-state index contributed by atoms with van der Waals surface area (Å²) in [6.07, 6.45) is 0. The van der Waals surface area contributed by atoms with Crippen LogP contribution in [0.25, 0.3) is 93.4 Å². The lowest BCUT2D eigenvalue weighted by atomic mass is 9.70. The van der Waals surface area contributed by atoms with Gasteiger partial charge >= 0.3 is 0 Å². The number of benzene rings is 11. The Morgan fingerprint density at radius 3 is 1.64 bits per heavy atom. The summed E-state index contributed by atoms with van der Waals surface area (Å²) in [7, 11) is 0. The smallest absolute Gasteiger partial charge is 0.0726 e. The Morgan fingerprint density at radius 1 is 0.313 bits per heavy atom. The molecule has 0 unspecified atom stereocenters. The predicted octanol–water partition coefficient (Wildman–Crippen LogP) is 17.1. The Balaban J connectivity index is 0.924. The van der Waals surface area contributed by atoms with Gasteiger partial charge in [-0.05, 0) is 121 Å². The lowest BCUT2D eigenvalue weighted by Crippen LogP contribution is -2.26. The van der Waals surface area contributed by atoms with Gasteiger partial charge in [0.2, 0.25) is 0 Å². The average molecular weight is 849 g/mol. The third-order valence-electron chi connectivity index (χ3n) is 15.1. The summed E-state index contributed by atoms with van der Waals surface area (Å²) in [5.41, 5.74) is 22.0. The fraction of sp³-hybridized carbons (Fsp3) is 0.0154. The molecule has 2 nitrogen and oxygen atoms in total. The normalized spacial score (nSPS) is 13.2. The van der Waals surface area contributed by atoms with Crippen LogP contribution >= 0.6 is 0 Å². The molecule has 310 valence electrons. The van der Waals surface area contributed by atoms with Crippen molar-refractivity contribution >= 4 is 65.9 Å². The van der Waals surface area contributed by atoms with Crippen LogP contribution < -0.4 is 4.90 Å². The maximum atomic E-state index is 2.49. The van der Waals surface area contributed by atoms with E-state index in [9.17, 15) is 0 Å². The molecule has 2 heterocycles. The molecule has 11 aromatic carbocycles. The van der Waals surface area contributed by atoms with Crippen molar-refractivity contribution in [1.29, 1.82) is 0 Å². The molecule has 0 saturated carbocycles. The van der Waals surface area contributed by atoms with Crippen molar-refractivity contribution in [2.24, 2.45) is 0 Å². The lowest BCUT2D eigenvalue weighted by molar-refractivity contribution is 0.793. The minimum atomic E-state index is -0.444. The van der Waals surface area contributed by atoms with Gasteiger partial charge in [-0.25, -0.2) is 0 Å². The van der Waals surface area contributed by atoms with Crippen molar-refractivity contribution in [2.45, 2.75) is 5.41 Å². The largest absolute Gasteiger partial charge is 0.310 e. The molecule has 2 aliphatic rings. The first-order chi connectivity index (χ1) is 33.3. The summed E-state index contributed by atoms with van der Waals surface area (Å²) in [4.78, 5) is 2.47. The van der Waals surface area contributed by atoms with Gasteiger partial charge in [0.05, 0.1) is 27.7 Å². The van der Waals surface area contributed by atoms with Gasteiger partial charge in [-0.2, -0.15) is 0 Å². The lowest BCUT2D eigenvalue weighted by Gasteiger charge is -2.32. The van der Waals surface area contributed by atoms with Gasteiger partial charge in [0.1, 0.15) is 0 Å². The molecule has 15 rings (SSSR count). The van der Waals surface area contributed by atoms with Gasteiger partial charge in [-0.3, -0.25) is 0 Å². The molecule has 0 saturated heterocycles. The highest BCUT2D eigenvalue weighted by molar-refractivity contribution is 6.28. The Kier molecular flexibility index (Phi) is 7.46. The number of anilines is 3. The van der Waals surface area contributed by atoms with Crippen LogP contribution in [0.1, 0.15) is 22.3 Å². The number of aromatic nitrogens is 1. The molecule has 0 amide bonds. The number of hydrogen-bond donors (Lipinski definition) is 0. The highest BCUT2D eigenvalue weighted by atomic mass is 15.1. The Morgan fingerprint density at radius 2 is 0.896 bits per heavy atom. The quantitative estimate of drug-likeness (QED) is 0.124. The van der Waals surface area contributed by atoms with Gasteiger partial charge in [-0.15, -0.1) is 0 Å². The van der Waals surface area contributed by atoms with E-state index in [1.54, 1.807) is 0 Å². The molecule has 0 aliphatic heterocycles. The molecule has 0 N–H and O–H groups in total. The average Bonchev–Trinajstić information content (AvgIpc) is 4.01. The maximum Gasteiger partial charge on any atom is 0.0726 e. The van der Waals surface area contributed by atoms with Crippen molar-refractivity contribution in [2.75, 3.05) is 4.90 Å². The van der Waals surface area contributed by atoms with Crippen LogP contribution in [0.15, 0.2) is 243 Å². The molecular formula is C65H40N2. The van der Waals surface area contributed by atoms with E-state index in [1.165, 1.54) is 116 Å². The van der Waals surface area contributed by atoms with Crippen LogP contribution in [0.3, 0.4) is 0 Å². The fourth-order valence-corrected chi connectivity index (χ4v) is 12.4. The zero-order chi connectivity index (χ0) is 43.8. The molecule has 67 heavy (non-hydrogen) atoms. The monoisotopic (exact) mass is 848 g/mol. The minimum absolute atomic E-state index is 0.444. The minimum Gasteiger partial charge on any atom is -0.310 e. The van der Waals surface area contributed by atoms with Gasteiger partial charge < -0.3 is 9.30 Å². The topological polar surface area (TPSA) is 7.65 Å². The second-order valence-corrected chi connectivity index (χ2v) is 18.3. The third-order valence-corrected chi connectivity index (χ3v) is 15.1. The zero-order valence-corrected chi connectivity index (χ0v) is 36.5. The van der Waals surface area contributed by atoms with E-state index >= 15 is 0 Å². The Labute approximate surface area is 388 Å². The van der Waals surface area contributed by atoms with Crippen molar-refractivity contribution in [3.63, 3.8) is 0 Å². The number of pyridine rings is 1. The van der Waals surface area contributed by atoms with E-state index in [4.69, 9.17) is 0 Å². The molecule has 1 spiro atoms. The van der Waals surface area contributed by atoms with Crippen molar-refractivity contribution in [3.8, 4) is 44.5 Å². The number of fused-ring (bicyclic) bond motifs is 16. The van der Waals surface area contributed by atoms with E-state index in [-0.39, 0.29) is 0 Å². The van der Waals surface area contributed by atoms with Gasteiger partial charge in [-0.1, -0.05) is 194 Å². The molecule has 2 heteroatoms. The van der Waals surface area contributed by atoms with Crippen LogP contribution in [0, 0.1) is 0 Å². The van der Waals surface area contributed by atoms with Crippen molar-refractivity contribution in [3.05, 3.63) is 265 Å². The molecule has 2 aliphatic carbocycles. The van der Waals surface area contributed by atoms with E-state index in [0.717, 1.165) is 17.1 Å². The summed E-state index contributed by atoms with van der Waals surface area (Å²) < 4.78 is 2.49. The first kappa shape index (κ1) is 36.6. The molecule has 0 fully saturated rings. The number of rotatable bonds is 5. The van der Waals surface area contributed by atoms with E-state index in [0.29, 0.717) is 0 Å². The molecule has 0 atom stereocenters. The highest BCUT2D eigenvalue weighted by Gasteiger charge is 2.51. The first-order valence-corrected chi connectivity index (χ1v) is 23.3. The van der Waals surface area contributed by atoms with Crippen molar-refractivity contribution < 1.29 is 0 Å². The molecule has 13 aromatic rings. The van der Waals surface area contributed by atoms with E-state index < -0.39 is 5.41 Å². The van der Waals surface area contributed by atoms with Crippen molar-refractivity contribution in [1.82, 2.24) is 4.40 Å². The molecule has 0 radical (unpaired) electrons. The Bertz CT molecular complexity index is 4080. The second kappa shape index (κ2) is 13.7. The second-order valence-electron chi connectivity index (χ2n) is 18.3. The maximum absolute atomic E-state index is 2.49. The summed E-state index contributed by atoms with van der Waals surface area (Å²) in [5, 5.41) is 7.76. The summed E-state index contributed by atoms with van der Waals surface area (Å²) >= 11 is 0. The summed E-state index contributed by atoms with van der Waals surface area (Å²) in [5.74, 6) is 0.